The van der Waals surface area contributed by atoms with Gasteiger partial charge in [0.25, 0.3) is 5.91 Å². The van der Waals surface area contributed by atoms with Crippen LogP contribution in [0.1, 0.15) is 29.6 Å². The predicted octanol–water partition coefficient (Wildman–Crippen LogP) is 4.02. The number of para-hydroxylation sites is 1. The van der Waals surface area contributed by atoms with Gasteiger partial charge >= 0.3 is 0 Å². The molecule has 1 saturated heterocycles. The Morgan fingerprint density at radius 2 is 1.58 bits per heavy atom. The van der Waals surface area contributed by atoms with Crippen LogP contribution in [-0.2, 0) is 9.59 Å². The van der Waals surface area contributed by atoms with Gasteiger partial charge in [0.1, 0.15) is 0 Å². The van der Waals surface area contributed by atoms with Gasteiger partial charge in [-0.2, -0.15) is 0 Å². The average molecular weight is 411 g/mol. The summed E-state index contributed by atoms with van der Waals surface area (Å²) in [7, 11) is 0. The lowest BCUT2D eigenvalue weighted by molar-refractivity contribution is -0.123. The molecule has 1 N–H and O–H groups in total. The fourth-order valence-corrected chi connectivity index (χ4v) is 5.82. The average Bonchev–Trinajstić information content (AvgIpc) is 3.48. The largest absolute Gasteiger partial charge is 0.320 e. The lowest BCUT2D eigenvalue weighted by Crippen LogP contribution is -2.32. The Kier molecular flexibility index (Phi) is 3.96. The first kappa shape index (κ1) is 18.2. The summed E-state index contributed by atoms with van der Waals surface area (Å²) in [5, 5.41) is 3.86. The molecule has 6 rings (SSSR count). The minimum Gasteiger partial charge on any atom is -0.320 e. The summed E-state index contributed by atoms with van der Waals surface area (Å²) in [5.74, 6) is 0.0222. The number of anilines is 2. The van der Waals surface area contributed by atoms with Gasteiger partial charge in [0.2, 0.25) is 11.8 Å². The van der Waals surface area contributed by atoms with Crippen LogP contribution in [0.25, 0.3) is 10.9 Å². The van der Waals surface area contributed by atoms with Gasteiger partial charge in [-0.15, -0.1) is 0 Å². The SMILES string of the molecule is O=C(Nc1cccc2cccnc12)c1ccc(N2C(=O)[C@H]3[C@H]4CCC(C4)[C@H]3C2=O)cc1. The van der Waals surface area contributed by atoms with E-state index >= 15 is 0 Å². The molecule has 2 bridgehead atoms. The summed E-state index contributed by atoms with van der Waals surface area (Å²) in [5.41, 5.74) is 2.37. The van der Waals surface area contributed by atoms with Gasteiger partial charge in [0.05, 0.1) is 28.7 Å². The maximum Gasteiger partial charge on any atom is 0.255 e. The molecule has 3 aromatic rings. The van der Waals surface area contributed by atoms with E-state index in [2.05, 4.69) is 10.3 Å². The molecule has 2 aromatic carbocycles. The van der Waals surface area contributed by atoms with Gasteiger partial charge in [-0.1, -0.05) is 18.2 Å². The molecule has 0 spiro atoms. The van der Waals surface area contributed by atoms with Crippen LogP contribution in [0.15, 0.2) is 60.8 Å². The fraction of sp³-hybridized carbons (Fsp3) is 0.280. The smallest absolute Gasteiger partial charge is 0.255 e. The van der Waals surface area contributed by atoms with Crippen LogP contribution in [0, 0.1) is 23.7 Å². The Morgan fingerprint density at radius 3 is 2.29 bits per heavy atom. The highest BCUT2D eigenvalue weighted by Crippen LogP contribution is 2.56. The molecule has 2 saturated carbocycles. The zero-order valence-electron chi connectivity index (χ0n) is 16.8. The van der Waals surface area contributed by atoms with E-state index in [0.29, 0.717) is 28.8 Å². The molecule has 3 amide bonds. The van der Waals surface area contributed by atoms with Gasteiger partial charge in [0.15, 0.2) is 0 Å². The second kappa shape index (κ2) is 6.74. The second-order valence-corrected chi connectivity index (χ2v) is 8.78. The number of amides is 3. The first-order chi connectivity index (χ1) is 15.1. The molecule has 3 fully saturated rings. The molecule has 1 unspecified atom stereocenters. The van der Waals surface area contributed by atoms with E-state index < -0.39 is 0 Å². The molecule has 1 aliphatic heterocycles. The van der Waals surface area contributed by atoms with E-state index in [-0.39, 0.29) is 29.6 Å². The van der Waals surface area contributed by atoms with Crippen molar-refractivity contribution in [3.63, 3.8) is 0 Å². The Balaban J connectivity index is 1.24. The van der Waals surface area contributed by atoms with Crippen molar-refractivity contribution in [2.24, 2.45) is 23.7 Å². The number of aromatic nitrogens is 1. The van der Waals surface area contributed by atoms with Crippen LogP contribution in [0.3, 0.4) is 0 Å². The van der Waals surface area contributed by atoms with Crippen LogP contribution < -0.4 is 10.2 Å². The van der Waals surface area contributed by atoms with Crippen LogP contribution in [0.2, 0.25) is 0 Å². The first-order valence-corrected chi connectivity index (χ1v) is 10.7. The maximum atomic E-state index is 13.0. The minimum absolute atomic E-state index is 0.0683. The van der Waals surface area contributed by atoms with Crippen LogP contribution in [-0.4, -0.2) is 22.7 Å². The van der Waals surface area contributed by atoms with E-state index in [4.69, 9.17) is 0 Å². The molecule has 3 aliphatic rings. The van der Waals surface area contributed by atoms with Crippen molar-refractivity contribution in [2.75, 3.05) is 10.2 Å². The number of carbonyl (C=O) groups excluding carboxylic acids is 3. The number of fused-ring (bicyclic) bond motifs is 6. The molecular formula is C25H21N3O3. The van der Waals surface area contributed by atoms with Crippen molar-refractivity contribution in [1.29, 1.82) is 0 Å². The molecule has 154 valence electrons. The number of hydrogen-bond donors (Lipinski definition) is 1. The van der Waals surface area contributed by atoms with Gasteiger partial charge in [-0.3, -0.25) is 24.3 Å². The van der Waals surface area contributed by atoms with Gasteiger partial charge in [-0.05, 0) is 67.5 Å². The van der Waals surface area contributed by atoms with Gasteiger partial charge in [0, 0.05) is 17.1 Å². The van der Waals surface area contributed by atoms with E-state index in [1.807, 2.05) is 30.3 Å². The third-order valence-corrected chi connectivity index (χ3v) is 7.20. The monoisotopic (exact) mass is 411 g/mol. The molecule has 6 heteroatoms. The highest BCUT2D eigenvalue weighted by molar-refractivity contribution is 6.22. The maximum absolute atomic E-state index is 13.0. The fourth-order valence-electron chi connectivity index (χ4n) is 5.82. The van der Waals surface area contributed by atoms with Crippen LogP contribution in [0.5, 0.6) is 0 Å². The molecule has 2 heterocycles. The predicted molar refractivity (Wildman–Crippen MR) is 116 cm³/mol. The van der Waals surface area contributed by atoms with E-state index in [0.717, 1.165) is 30.2 Å². The highest BCUT2D eigenvalue weighted by Gasteiger charge is 2.61. The van der Waals surface area contributed by atoms with Crippen molar-refractivity contribution < 1.29 is 14.4 Å². The number of hydrogen-bond acceptors (Lipinski definition) is 4. The summed E-state index contributed by atoms with van der Waals surface area (Å²) in [6.07, 6.45) is 4.82. The Hall–Kier alpha value is -3.54. The summed E-state index contributed by atoms with van der Waals surface area (Å²) in [6, 6.07) is 16.1. The number of imide groups is 1. The Morgan fingerprint density at radius 1 is 0.903 bits per heavy atom. The zero-order chi connectivity index (χ0) is 21.1. The molecule has 0 radical (unpaired) electrons. The number of benzene rings is 2. The number of nitrogens with one attached hydrogen (secondary N) is 1. The number of carbonyl (C=O) groups is 3. The van der Waals surface area contributed by atoms with E-state index in [1.54, 1.807) is 30.5 Å². The Bertz CT molecular complexity index is 1200. The van der Waals surface area contributed by atoms with Crippen molar-refractivity contribution in [3.05, 3.63) is 66.4 Å². The van der Waals surface area contributed by atoms with Gasteiger partial charge < -0.3 is 5.32 Å². The van der Waals surface area contributed by atoms with Crippen LogP contribution >= 0.6 is 0 Å². The lowest BCUT2D eigenvalue weighted by atomic mass is 9.81. The quantitative estimate of drug-likeness (QED) is 0.660. The molecule has 6 nitrogen and oxygen atoms in total. The summed E-state index contributed by atoms with van der Waals surface area (Å²) in [4.78, 5) is 44.5. The van der Waals surface area contributed by atoms with Gasteiger partial charge in [-0.25, -0.2) is 0 Å². The van der Waals surface area contributed by atoms with E-state index in [1.165, 1.54) is 4.90 Å². The Labute approximate surface area is 179 Å². The molecule has 4 atom stereocenters. The van der Waals surface area contributed by atoms with Crippen LogP contribution in [0.4, 0.5) is 11.4 Å². The zero-order valence-corrected chi connectivity index (χ0v) is 16.8. The molecule has 31 heavy (non-hydrogen) atoms. The highest BCUT2D eigenvalue weighted by atomic mass is 16.2. The number of pyridine rings is 1. The lowest BCUT2D eigenvalue weighted by Gasteiger charge is -2.19. The minimum atomic E-state index is -0.265. The van der Waals surface area contributed by atoms with Crippen molar-refractivity contribution >= 4 is 40.0 Å². The normalized spacial score (nSPS) is 26.5. The second-order valence-electron chi connectivity index (χ2n) is 8.78. The third kappa shape index (κ3) is 2.71. The summed E-state index contributed by atoms with van der Waals surface area (Å²) < 4.78 is 0. The van der Waals surface area contributed by atoms with Crippen molar-refractivity contribution in [2.45, 2.75) is 19.3 Å². The van der Waals surface area contributed by atoms with E-state index in [9.17, 15) is 14.4 Å². The molecule has 1 aromatic heterocycles. The first-order valence-electron chi connectivity index (χ1n) is 10.7. The standard InChI is InChI=1S/C25H21N3O3/c29-23(27-19-5-1-3-14-4-2-12-26-22(14)19)15-8-10-18(11-9-15)28-24(30)20-16-6-7-17(13-16)21(20)25(28)31/h1-5,8-12,16-17,20-21H,6-7,13H2,(H,27,29)/t16-,17?,20-,21+/m0/s1. The third-order valence-electron chi connectivity index (χ3n) is 7.20. The number of nitrogens with zero attached hydrogens (tertiary/aromatic N) is 2. The topological polar surface area (TPSA) is 79.4 Å². The number of rotatable bonds is 3. The van der Waals surface area contributed by atoms with Crippen molar-refractivity contribution in [1.82, 2.24) is 4.98 Å². The molecule has 2 aliphatic carbocycles. The summed E-state index contributed by atoms with van der Waals surface area (Å²) in [6.45, 7) is 0. The molecular weight excluding hydrogens is 390 g/mol. The van der Waals surface area contributed by atoms with Crippen molar-refractivity contribution in [3.8, 4) is 0 Å². The summed E-state index contributed by atoms with van der Waals surface area (Å²) >= 11 is 0.